The van der Waals surface area contributed by atoms with Crippen molar-refractivity contribution >= 4 is 18.5 Å². The Kier molecular flexibility index (Phi) is 3.36. The van der Waals surface area contributed by atoms with E-state index < -0.39 is 0 Å². The maximum absolute atomic E-state index is 10.8. The second kappa shape index (κ2) is 4.33. The summed E-state index contributed by atoms with van der Waals surface area (Å²) in [5.41, 5.74) is 2.31. The highest BCUT2D eigenvalue weighted by atomic mass is 35.5. The lowest BCUT2D eigenvalue weighted by molar-refractivity contribution is 0.177. The van der Waals surface area contributed by atoms with Crippen LogP contribution in [0.25, 0.3) is 0 Å². The van der Waals surface area contributed by atoms with Crippen molar-refractivity contribution in [3.05, 3.63) is 35.4 Å². The van der Waals surface area contributed by atoms with Gasteiger partial charge in [0, 0.05) is 0 Å². The zero-order valence-corrected chi connectivity index (χ0v) is 8.64. The molecule has 1 aromatic carbocycles. The zero-order chi connectivity index (χ0) is 9.26. The fourth-order valence-electron chi connectivity index (χ4n) is 1.36. The molecule has 0 unspecified atom stereocenters. The monoisotopic (exact) mass is 213 g/mol. The molecular formula is C10H12ClNO2. The maximum Gasteiger partial charge on any atom is 0.407 e. The van der Waals surface area contributed by atoms with E-state index >= 15 is 0 Å². The van der Waals surface area contributed by atoms with Crippen molar-refractivity contribution in [3.63, 3.8) is 0 Å². The third-order valence-electron chi connectivity index (χ3n) is 2.15. The quantitative estimate of drug-likeness (QED) is 0.777. The summed E-state index contributed by atoms with van der Waals surface area (Å²) in [7, 11) is 0. The number of carbonyl (C=O) groups excluding carboxylic acids is 1. The highest BCUT2D eigenvalue weighted by molar-refractivity contribution is 5.85. The van der Waals surface area contributed by atoms with Crippen LogP contribution in [0.1, 0.15) is 17.2 Å². The van der Waals surface area contributed by atoms with Crippen LogP contribution in [-0.2, 0) is 4.74 Å². The molecule has 2 rings (SSSR count). The lowest BCUT2D eigenvalue weighted by Crippen LogP contribution is -2.18. The van der Waals surface area contributed by atoms with Gasteiger partial charge in [0.05, 0.1) is 6.04 Å². The summed E-state index contributed by atoms with van der Waals surface area (Å²) in [5, 5.41) is 2.73. The smallest absolute Gasteiger partial charge is 0.407 e. The minimum Gasteiger partial charge on any atom is -0.447 e. The summed E-state index contributed by atoms with van der Waals surface area (Å²) in [6, 6.07) is 8.09. The minimum absolute atomic E-state index is 0. The average Bonchev–Trinajstić information content (AvgIpc) is 2.53. The average molecular weight is 214 g/mol. The van der Waals surface area contributed by atoms with Crippen LogP contribution < -0.4 is 5.32 Å². The number of rotatable bonds is 1. The molecule has 1 aliphatic rings. The van der Waals surface area contributed by atoms with E-state index in [1.165, 1.54) is 5.56 Å². The molecule has 0 spiro atoms. The van der Waals surface area contributed by atoms with E-state index in [0.717, 1.165) is 5.56 Å². The number of aryl methyl sites for hydroxylation is 1. The van der Waals surface area contributed by atoms with Crippen molar-refractivity contribution in [2.24, 2.45) is 0 Å². The molecule has 1 amide bonds. The predicted octanol–water partition coefficient (Wildman–Crippen LogP) is 2.20. The van der Waals surface area contributed by atoms with E-state index in [4.69, 9.17) is 4.74 Å². The molecule has 1 saturated heterocycles. The molecular weight excluding hydrogens is 202 g/mol. The van der Waals surface area contributed by atoms with Crippen molar-refractivity contribution in [1.82, 2.24) is 5.32 Å². The van der Waals surface area contributed by atoms with Gasteiger partial charge in [-0.15, -0.1) is 12.4 Å². The van der Waals surface area contributed by atoms with Crippen molar-refractivity contribution in [2.75, 3.05) is 6.61 Å². The number of nitrogens with one attached hydrogen (secondary N) is 1. The molecule has 14 heavy (non-hydrogen) atoms. The Morgan fingerprint density at radius 1 is 1.36 bits per heavy atom. The third kappa shape index (κ3) is 2.17. The molecule has 1 aromatic rings. The summed E-state index contributed by atoms with van der Waals surface area (Å²) in [5.74, 6) is 0. The van der Waals surface area contributed by atoms with Crippen LogP contribution in [0.15, 0.2) is 24.3 Å². The number of halogens is 1. The van der Waals surface area contributed by atoms with Gasteiger partial charge in [0.2, 0.25) is 0 Å². The molecule has 0 radical (unpaired) electrons. The van der Waals surface area contributed by atoms with Gasteiger partial charge in [-0.3, -0.25) is 0 Å². The molecule has 1 aliphatic heterocycles. The Balaban J connectivity index is 0.000000980. The van der Waals surface area contributed by atoms with Crippen LogP contribution in [-0.4, -0.2) is 12.7 Å². The van der Waals surface area contributed by atoms with Gasteiger partial charge in [0.15, 0.2) is 0 Å². The molecule has 4 heteroatoms. The first-order chi connectivity index (χ1) is 6.25. The van der Waals surface area contributed by atoms with Crippen LogP contribution >= 0.6 is 12.4 Å². The van der Waals surface area contributed by atoms with E-state index in [1.54, 1.807) is 0 Å². The molecule has 1 fully saturated rings. The first kappa shape index (κ1) is 10.9. The lowest BCUT2D eigenvalue weighted by atomic mass is 10.1. The second-order valence-corrected chi connectivity index (χ2v) is 3.21. The molecule has 76 valence electrons. The van der Waals surface area contributed by atoms with Crippen LogP contribution in [0, 0.1) is 6.92 Å². The van der Waals surface area contributed by atoms with Gasteiger partial charge in [-0.25, -0.2) is 4.79 Å². The largest absolute Gasteiger partial charge is 0.447 e. The SMILES string of the molecule is Cc1ccc([C@@H]2COC(=O)N2)cc1.Cl. The second-order valence-electron chi connectivity index (χ2n) is 3.21. The molecule has 3 nitrogen and oxygen atoms in total. The molecule has 1 N–H and O–H groups in total. The van der Waals surface area contributed by atoms with E-state index in [2.05, 4.69) is 5.32 Å². The van der Waals surface area contributed by atoms with E-state index in [1.807, 2.05) is 31.2 Å². The van der Waals surface area contributed by atoms with E-state index in [9.17, 15) is 4.79 Å². The normalized spacial score (nSPS) is 19.5. The standard InChI is InChI=1S/C10H11NO2.ClH/c1-7-2-4-8(5-3-7)9-6-13-10(12)11-9;/h2-5,9H,6H2,1H3,(H,11,12);1H/t9-;/m0./s1. The Morgan fingerprint density at radius 3 is 2.50 bits per heavy atom. The molecule has 0 aliphatic carbocycles. The Morgan fingerprint density at radius 2 is 2.00 bits per heavy atom. The number of amides is 1. The van der Waals surface area contributed by atoms with E-state index in [-0.39, 0.29) is 24.5 Å². The first-order valence-electron chi connectivity index (χ1n) is 4.25. The molecule has 0 bridgehead atoms. The van der Waals surface area contributed by atoms with Crippen molar-refractivity contribution in [3.8, 4) is 0 Å². The van der Waals surface area contributed by atoms with Crippen LogP contribution in [0.4, 0.5) is 4.79 Å². The van der Waals surface area contributed by atoms with Gasteiger partial charge in [0.25, 0.3) is 0 Å². The summed E-state index contributed by atoms with van der Waals surface area (Å²) in [4.78, 5) is 10.8. The summed E-state index contributed by atoms with van der Waals surface area (Å²) in [6.45, 7) is 2.47. The number of carbonyl (C=O) groups is 1. The topological polar surface area (TPSA) is 38.3 Å². The number of hydrogen-bond donors (Lipinski definition) is 1. The molecule has 0 saturated carbocycles. The Bertz CT molecular complexity index is 323. The summed E-state index contributed by atoms with van der Waals surface area (Å²) in [6.07, 6.45) is -0.328. The van der Waals surface area contributed by atoms with Crippen LogP contribution in [0.5, 0.6) is 0 Å². The summed E-state index contributed by atoms with van der Waals surface area (Å²) < 4.78 is 4.80. The summed E-state index contributed by atoms with van der Waals surface area (Å²) >= 11 is 0. The van der Waals surface area contributed by atoms with Gasteiger partial charge in [-0.2, -0.15) is 0 Å². The lowest BCUT2D eigenvalue weighted by Gasteiger charge is -2.06. The van der Waals surface area contributed by atoms with Gasteiger partial charge in [-0.05, 0) is 12.5 Å². The van der Waals surface area contributed by atoms with Gasteiger partial charge in [0.1, 0.15) is 6.61 Å². The highest BCUT2D eigenvalue weighted by Gasteiger charge is 2.23. The molecule has 1 atom stereocenters. The number of benzene rings is 1. The Labute approximate surface area is 88.9 Å². The van der Waals surface area contributed by atoms with Crippen molar-refractivity contribution < 1.29 is 9.53 Å². The molecule has 1 heterocycles. The Hall–Kier alpha value is -1.22. The number of hydrogen-bond acceptors (Lipinski definition) is 2. The van der Waals surface area contributed by atoms with Gasteiger partial charge >= 0.3 is 6.09 Å². The zero-order valence-electron chi connectivity index (χ0n) is 7.82. The number of ether oxygens (including phenoxy) is 1. The fourth-order valence-corrected chi connectivity index (χ4v) is 1.36. The van der Waals surface area contributed by atoms with Crippen molar-refractivity contribution in [1.29, 1.82) is 0 Å². The fraction of sp³-hybridized carbons (Fsp3) is 0.300. The van der Waals surface area contributed by atoms with Crippen LogP contribution in [0.2, 0.25) is 0 Å². The predicted molar refractivity (Wildman–Crippen MR) is 55.7 cm³/mol. The van der Waals surface area contributed by atoms with Crippen molar-refractivity contribution in [2.45, 2.75) is 13.0 Å². The number of cyclic esters (lactones) is 1. The highest BCUT2D eigenvalue weighted by Crippen LogP contribution is 2.17. The van der Waals surface area contributed by atoms with Gasteiger partial charge in [-0.1, -0.05) is 29.8 Å². The minimum atomic E-state index is -0.328. The van der Waals surface area contributed by atoms with Crippen LogP contribution in [0.3, 0.4) is 0 Å². The third-order valence-corrected chi connectivity index (χ3v) is 2.15. The molecule has 0 aromatic heterocycles. The maximum atomic E-state index is 10.8. The first-order valence-corrected chi connectivity index (χ1v) is 4.25. The van der Waals surface area contributed by atoms with E-state index in [0.29, 0.717) is 6.61 Å². The number of alkyl carbamates (subject to hydrolysis) is 1. The van der Waals surface area contributed by atoms with Gasteiger partial charge < -0.3 is 10.1 Å².